The second-order valence-electron chi connectivity index (χ2n) is 3.26. The number of alkyl halides is 3. The fourth-order valence-electron chi connectivity index (χ4n) is 1.08. The van der Waals surface area contributed by atoms with E-state index in [1.54, 1.807) is 31.2 Å². The zero-order chi connectivity index (χ0) is 12.4. The first-order valence-electron chi connectivity index (χ1n) is 4.34. The molecule has 0 saturated carbocycles. The second kappa shape index (κ2) is 4.42. The van der Waals surface area contributed by atoms with Crippen molar-refractivity contribution in [2.45, 2.75) is 19.0 Å². The molecule has 0 spiro atoms. The highest BCUT2D eigenvalue weighted by Crippen LogP contribution is 2.21. The molecule has 3 nitrogen and oxygen atoms in total. The van der Waals surface area contributed by atoms with Crippen molar-refractivity contribution in [2.75, 3.05) is 0 Å². The molecule has 0 atom stereocenters. The number of aryl methyl sites for hydroxylation is 1. The Kier molecular flexibility index (Phi) is 3.59. The van der Waals surface area contributed by atoms with E-state index in [-0.39, 0.29) is 6.54 Å². The highest BCUT2D eigenvalue weighted by atomic mass is 32.2. The summed E-state index contributed by atoms with van der Waals surface area (Å²) in [6.45, 7) is 1.39. The summed E-state index contributed by atoms with van der Waals surface area (Å²) in [6.07, 6.45) is 0. The van der Waals surface area contributed by atoms with E-state index in [2.05, 4.69) is 0 Å². The molecule has 0 bridgehead atoms. The van der Waals surface area contributed by atoms with Crippen molar-refractivity contribution < 1.29 is 21.6 Å². The van der Waals surface area contributed by atoms with Gasteiger partial charge in [-0.1, -0.05) is 29.8 Å². The molecule has 1 aromatic rings. The smallest absolute Gasteiger partial charge is 0.203 e. The average molecular weight is 253 g/mol. The van der Waals surface area contributed by atoms with E-state index in [4.69, 9.17) is 0 Å². The third-order valence-corrected chi connectivity index (χ3v) is 2.99. The van der Waals surface area contributed by atoms with Crippen molar-refractivity contribution in [1.29, 1.82) is 0 Å². The molecule has 0 aliphatic rings. The fraction of sp³-hybridized carbons (Fsp3) is 0.333. The van der Waals surface area contributed by atoms with Gasteiger partial charge in [0.05, 0.1) is 0 Å². The first-order chi connectivity index (χ1) is 7.22. The molecule has 0 aliphatic heterocycles. The maximum atomic E-state index is 12.0. The van der Waals surface area contributed by atoms with Crippen LogP contribution in [0.15, 0.2) is 24.3 Å². The zero-order valence-corrected chi connectivity index (χ0v) is 9.19. The molecule has 1 rings (SSSR count). The topological polar surface area (TPSA) is 46.2 Å². The third kappa shape index (κ3) is 3.21. The second-order valence-corrected chi connectivity index (χ2v) is 5.02. The highest BCUT2D eigenvalue weighted by molar-refractivity contribution is 7.90. The zero-order valence-electron chi connectivity index (χ0n) is 8.38. The van der Waals surface area contributed by atoms with Crippen LogP contribution in [0.1, 0.15) is 11.1 Å². The number of halogens is 3. The van der Waals surface area contributed by atoms with Crippen molar-refractivity contribution in [1.82, 2.24) is 4.72 Å². The lowest BCUT2D eigenvalue weighted by molar-refractivity contribution is -0.0448. The highest BCUT2D eigenvalue weighted by Gasteiger charge is 2.45. The van der Waals surface area contributed by atoms with E-state index in [1.165, 1.54) is 4.72 Å². The van der Waals surface area contributed by atoms with E-state index in [1.807, 2.05) is 0 Å². The number of rotatable bonds is 3. The Labute approximate surface area is 91.3 Å². The van der Waals surface area contributed by atoms with Crippen LogP contribution in [0.2, 0.25) is 0 Å². The minimum atomic E-state index is -5.27. The van der Waals surface area contributed by atoms with Crippen molar-refractivity contribution in [3.05, 3.63) is 35.4 Å². The van der Waals surface area contributed by atoms with Gasteiger partial charge in [0, 0.05) is 6.54 Å². The first-order valence-corrected chi connectivity index (χ1v) is 5.82. The Morgan fingerprint density at radius 3 is 2.44 bits per heavy atom. The predicted octanol–water partition coefficient (Wildman–Crippen LogP) is 1.93. The van der Waals surface area contributed by atoms with Gasteiger partial charge in [-0.15, -0.1) is 0 Å². The van der Waals surface area contributed by atoms with E-state index < -0.39 is 15.5 Å². The molecular weight excluding hydrogens is 243 g/mol. The minimum Gasteiger partial charge on any atom is -0.203 e. The van der Waals surface area contributed by atoms with E-state index >= 15 is 0 Å². The molecule has 0 unspecified atom stereocenters. The Morgan fingerprint density at radius 1 is 1.31 bits per heavy atom. The summed E-state index contributed by atoms with van der Waals surface area (Å²) < 4.78 is 58.7. The molecule has 0 heterocycles. The fourth-order valence-corrected chi connectivity index (χ4v) is 1.60. The number of benzene rings is 1. The van der Waals surface area contributed by atoms with Crippen LogP contribution < -0.4 is 4.72 Å². The van der Waals surface area contributed by atoms with Crippen LogP contribution in [0.3, 0.4) is 0 Å². The van der Waals surface area contributed by atoms with Gasteiger partial charge in [-0.2, -0.15) is 13.2 Å². The van der Waals surface area contributed by atoms with Gasteiger partial charge in [-0.05, 0) is 12.5 Å². The van der Waals surface area contributed by atoms with Gasteiger partial charge in [0.1, 0.15) is 0 Å². The number of hydrogen-bond donors (Lipinski definition) is 1. The van der Waals surface area contributed by atoms with Gasteiger partial charge >= 0.3 is 15.5 Å². The van der Waals surface area contributed by atoms with Crippen LogP contribution in [0.5, 0.6) is 0 Å². The van der Waals surface area contributed by atoms with Gasteiger partial charge in [0.15, 0.2) is 0 Å². The SMILES string of the molecule is Cc1cccc(CNS(=O)(=O)C(F)(F)F)c1. The van der Waals surface area contributed by atoms with Crippen molar-refractivity contribution >= 4 is 10.0 Å². The van der Waals surface area contributed by atoms with Crippen LogP contribution in [0.4, 0.5) is 13.2 Å². The van der Waals surface area contributed by atoms with Gasteiger partial charge < -0.3 is 0 Å². The lowest BCUT2D eigenvalue weighted by Crippen LogP contribution is -2.35. The van der Waals surface area contributed by atoms with E-state index in [0.717, 1.165) is 5.56 Å². The maximum absolute atomic E-state index is 12.0. The lowest BCUT2D eigenvalue weighted by atomic mass is 10.1. The van der Waals surface area contributed by atoms with Crippen LogP contribution >= 0.6 is 0 Å². The van der Waals surface area contributed by atoms with Crippen molar-refractivity contribution in [2.24, 2.45) is 0 Å². The number of sulfonamides is 1. The van der Waals surface area contributed by atoms with Crippen LogP contribution in [0.25, 0.3) is 0 Å². The van der Waals surface area contributed by atoms with Gasteiger partial charge in [-0.3, -0.25) is 0 Å². The molecule has 0 radical (unpaired) electrons. The van der Waals surface area contributed by atoms with Gasteiger partial charge in [0.25, 0.3) is 0 Å². The Morgan fingerprint density at radius 2 is 1.94 bits per heavy atom. The monoisotopic (exact) mass is 253 g/mol. The molecule has 1 N–H and O–H groups in total. The summed E-state index contributed by atoms with van der Waals surface area (Å²) in [6, 6.07) is 6.57. The minimum absolute atomic E-state index is 0.372. The molecule has 0 aliphatic carbocycles. The van der Waals surface area contributed by atoms with Crippen molar-refractivity contribution in [3.8, 4) is 0 Å². The molecule has 0 fully saturated rings. The molecule has 0 aromatic heterocycles. The standard InChI is InChI=1S/C9H10F3NO2S/c1-7-3-2-4-8(5-7)6-13-16(14,15)9(10,11)12/h2-5,13H,6H2,1H3. The quantitative estimate of drug-likeness (QED) is 0.894. The van der Waals surface area contributed by atoms with Gasteiger partial charge in [-0.25, -0.2) is 13.1 Å². The summed E-state index contributed by atoms with van der Waals surface area (Å²) >= 11 is 0. The number of hydrogen-bond acceptors (Lipinski definition) is 2. The first kappa shape index (κ1) is 13.0. The van der Waals surface area contributed by atoms with Gasteiger partial charge in [0.2, 0.25) is 0 Å². The van der Waals surface area contributed by atoms with E-state index in [0.29, 0.717) is 5.56 Å². The normalized spacial score (nSPS) is 12.8. The largest absolute Gasteiger partial charge is 0.511 e. The summed E-state index contributed by atoms with van der Waals surface area (Å²) in [5.41, 5.74) is -3.94. The summed E-state index contributed by atoms with van der Waals surface area (Å²) in [5.74, 6) is 0. The van der Waals surface area contributed by atoms with Crippen LogP contribution in [0, 0.1) is 6.92 Å². The summed E-state index contributed by atoms with van der Waals surface area (Å²) in [5, 5.41) is 0. The number of nitrogens with one attached hydrogen (secondary N) is 1. The average Bonchev–Trinajstić information content (AvgIpc) is 2.13. The molecule has 16 heavy (non-hydrogen) atoms. The lowest BCUT2D eigenvalue weighted by Gasteiger charge is -2.09. The Balaban J connectivity index is 2.73. The van der Waals surface area contributed by atoms with Crippen molar-refractivity contribution in [3.63, 3.8) is 0 Å². The Hall–Kier alpha value is -1.08. The molecule has 7 heteroatoms. The van der Waals surface area contributed by atoms with E-state index in [9.17, 15) is 21.6 Å². The van der Waals surface area contributed by atoms with Crippen LogP contribution in [-0.2, 0) is 16.6 Å². The molecule has 0 amide bonds. The summed E-state index contributed by atoms with van der Waals surface area (Å²) in [7, 11) is -5.26. The molecule has 90 valence electrons. The molecule has 0 saturated heterocycles. The maximum Gasteiger partial charge on any atom is 0.511 e. The third-order valence-electron chi connectivity index (χ3n) is 1.85. The molecule has 1 aromatic carbocycles. The van der Waals surface area contributed by atoms with Crippen LogP contribution in [-0.4, -0.2) is 13.9 Å². The predicted molar refractivity (Wildman–Crippen MR) is 53.0 cm³/mol. The Bertz CT molecular complexity index is 468. The summed E-state index contributed by atoms with van der Waals surface area (Å²) in [4.78, 5) is 0. The molecular formula is C9H10F3NO2S.